The van der Waals surface area contributed by atoms with Gasteiger partial charge in [-0.05, 0) is 79.6 Å². The fourth-order valence-corrected chi connectivity index (χ4v) is 5.86. The van der Waals surface area contributed by atoms with Crippen molar-refractivity contribution in [2.45, 2.75) is 45.2 Å². The van der Waals surface area contributed by atoms with Gasteiger partial charge in [-0.1, -0.05) is 6.92 Å². The molecule has 3 atom stereocenters. The van der Waals surface area contributed by atoms with Crippen LogP contribution in [-0.2, 0) is 19.4 Å². The molecule has 9 heteroatoms. The molecule has 204 valence electrons. The maximum atomic E-state index is 15.2. The summed E-state index contributed by atoms with van der Waals surface area (Å²) in [5, 5.41) is 9.10. The molecule has 0 spiro atoms. The summed E-state index contributed by atoms with van der Waals surface area (Å²) in [5.41, 5.74) is 8.54. The van der Waals surface area contributed by atoms with E-state index in [-0.39, 0.29) is 17.7 Å². The molecule has 0 saturated carbocycles. The number of hydrogen-bond acceptors (Lipinski definition) is 6. The Morgan fingerprint density at radius 3 is 2.56 bits per heavy atom. The van der Waals surface area contributed by atoms with Crippen LogP contribution in [0.3, 0.4) is 0 Å². The Hall–Kier alpha value is -3.48. The van der Waals surface area contributed by atoms with Gasteiger partial charge in [0.2, 0.25) is 0 Å². The lowest BCUT2D eigenvalue weighted by Gasteiger charge is -2.37. The molecule has 3 aromatic rings. The van der Waals surface area contributed by atoms with Crippen LogP contribution < -0.4 is 10.6 Å². The van der Waals surface area contributed by atoms with Crippen molar-refractivity contribution in [3.63, 3.8) is 0 Å². The van der Waals surface area contributed by atoms with Crippen molar-refractivity contribution in [3.05, 3.63) is 77.0 Å². The first-order chi connectivity index (χ1) is 18.8. The molecule has 0 aliphatic carbocycles. The second-order valence-electron chi connectivity index (χ2n) is 10.9. The van der Waals surface area contributed by atoms with Crippen LogP contribution in [-0.4, -0.2) is 47.1 Å². The molecular formula is C30H33F3N6. The minimum Gasteiger partial charge on any atom is -0.369 e. The van der Waals surface area contributed by atoms with Crippen LogP contribution in [0.5, 0.6) is 0 Å². The van der Waals surface area contributed by atoms with Gasteiger partial charge in [0.05, 0.1) is 17.6 Å². The van der Waals surface area contributed by atoms with E-state index in [1.165, 1.54) is 18.2 Å². The zero-order chi connectivity index (χ0) is 27.5. The third-order valence-electron chi connectivity index (χ3n) is 7.66. The topological polar surface area (TPSA) is 82.1 Å². The van der Waals surface area contributed by atoms with Gasteiger partial charge < -0.3 is 10.6 Å². The van der Waals surface area contributed by atoms with E-state index in [4.69, 9.17) is 11.0 Å². The van der Waals surface area contributed by atoms with Gasteiger partial charge in [-0.2, -0.15) is 5.26 Å². The fourth-order valence-electron chi connectivity index (χ4n) is 5.86. The van der Waals surface area contributed by atoms with E-state index in [0.717, 1.165) is 37.2 Å². The maximum Gasteiger partial charge on any atom is 0.149 e. The molecule has 2 saturated heterocycles. The summed E-state index contributed by atoms with van der Waals surface area (Å²) in [5.74, 6) is -2.07. The molecule has 2 aliphatic heterocycles. The zero-order valence-corrected chi connectivity index (χ0v) is 22.1. The van der Waals surface area contributed by atoms with Gasteiger partial charge in [0, 0.05) is 56.0 Å². The number of aromatic nitrogens is 2. The predicted molar refractivity (Wildman–Crippen MR) is 144 cm³/mol. The van der Waals surface area contributed by atoms with Crippen LogP contribution in [0.25, 0.3) is 11.3 Å². The lowest BCUT2D eigenvalue weighted by molar-refractivity contribution is 0.324. The lowest BCUT2D eigenvalue weighted by Crippen LogP contribution is -2.46. The van der Waals surface area contributed by atoms with E-state index in [9.17, 15) is 4.39 Å². The number of aryl methyl sites for hydroxylation is 2. The third kappa shape index (κ3) is 6.23. The summed E-state index contributed by atoms with van der Waals surface area (Å²) in [4.78, 5) is 12.9. The Balaban J connectivity index is 1.33. The van der Waals surface area contributed by atoms with Crippen molar-refractivity contribution in [1.29, 1.82) is 5.26 Å². The van der Waals surface area contributed by atoms with Crippen molar-refractivity contribution in [3.8, 4) is 17.3 Å². The van der Waals surface area contributed by atoms with Crippen molar-refractivity contribution in [2.75, 3.05) is 31.1 Å². The number of nitrogens with two attached hydrogens (primary N) is 1. The number of anilines is 1. The van der Waals surface area contributed by atoms with Gasteiger partial charge in [0.1, 0.15) is 23.1 Å². The van der Waals surface area contributed by atoms with Crippen molar-refractivity contribution in [2.24, 2.45) is 17.6 Å². The molecule has 1 aromatic carbocycles. The highest BCUT2D eigenvalue weighted by Crippen LogP contribution is 2.30. The first-order valence-corrected chi connectivity index (χ1v) is 13.5. The summed E-state index contributed by atoms with van der Waals surface area (Å²) in [6.45, 7) is 5.47. The second kappa shape index (κ2) is 11.7. The van der Waals surface area contributed by atoms with Gasteiger partial charge in [-0.25, -0.2) is 18.2 Å². The fraction of sp³-hybridized carbons (Fsp3) is 0.433. The second-order valence-corrected chi connectivity index (χ2v) is 10.9. The number of benzene rings is 1. The van der Waals surface area contributed by atoms with Gasteiger partial charge in [0.25, 0.3) is 0 Å². The Morgan fingerprint density at radius 1 is 1.05 bits per heavy atom. The van der Waals surface area contributed by atoms with Gasteiger partial charge in [0.15, 0.2) is 0 Å². The number of nitrogens with zero attached hydrogens (tertiary/aromatic N) is 5. The van der Waals surface area contributed by atoms with Crippen molar-refractivity contribution in [1.82, 2.24) is 14.9 Å². The number of nitriles is 1. The van der Waals surface area contributed by atoms with E-state index in [0.29, 0.717) is 49.7 Å². The van der Waals surface area contributed by atoms with Crippen molar-refractivity contribution >= 4 is 5.69 Å². The smallest absolute Gasteiger partial charge is 0.149 e. The highest BCUT2D eigenvalue weighted by atomic mass is 19.1. The summed E-state index contributed by atoms with van der Waals surface area (Å²) in [7, 11) is 0. The monoisotopic (exact) mass is 534 g/mol. The van der Waals surface area contributed by atoms with Gasteiger partial charge in [-0.3, -0.25) is 9.88 Å². The highest BCUT2D eigenvalue weighted by molar-refractivity contribution is 5.62. The lowest BCUT2D eigenvalue weighted by atomic mass is 9.95. The van der Waals surface area contributed by atoms with E-state index < -0.39 is 23.0 Å². The standard InChI is InChI=1S/C30H33F3N6/c1-19-10-23(35)18-39(15-19)28-6-8-36-14-22(28)2-3-24-4-5-25(31)30(37-24)29-26(32)11-21(12-27(29)33)17-38-9-7-20(13-34)16-38/h4-6,8,11-12,14,19-20,23H,2-3,7,9-10,15-18,35H2,1H3/t19-,20+,23+/m1/s1. The number of likely N-dealkylation sites (tertiary alicyclic amines) is 1. The minimum absolute atomic E-state index is 0.0660. The maximum absolute atomic E-state index is 15.2. The van der Waals surface area contributed by atoms with Crippen LogP contribution in [0.2, 0.25) is 0 Å². The van der Waals surface area contributed by atoms with Crippen LogP contribution in [0.1, 0.15) is 36.6 Å². The molecule has 4 heterocycles. The van der Waals surface area contributed by atoms with E-state index in [1.807, 2.05) is 17.2 Å². The molecule has 2 N–H and O–H groups in total. The Kier molecular flexibility index (Phi) is 8.15. The minimum atomic E-state index is -0.852. The Labute approximate surface area is 227 Å². The SMILES string of the molecule is C[C@@H]1C[C@H](N)CN(c2ccncc2CCc2ccc(F)c(-c3c(F)cc(CN4CC[C@@H](C#N)C4)cc3F)n2)C1. The van der Waals surface area contributed by atoms with Crippen LogP contribution >= 0.6 is 0 Å². The Bertz CT molecular complexity index is 1340. The number of hydrogen-bond donors (Lipinski definition) is 1. The normalized spacial score (nSPS) is 21.7. The quantitative estimate of drug-likeness (QED) is 0.466. The summed E-state index contributed by atoms with van der Waals surface area (Å²) >= 11 is 0. The largest absolute Gasteiger partial charge is 0.369 e. The number of piperidine rings is 1. The van der Waals surface area contributed by atoms with E-state index in [2.05, 4.69) is 27.9 Å². The first kappa shape index (κ1) is 27.1. The molecule has 2 fully saturated rings. The summed E-state index contributed by atoms with van der Waals surface area (Å²) < 4.78 is 45.1. The molecule has 6 nitrogen and oxygen atoms in total. The van der Waals surface area contributed by atoms with Crippen LogP contribution in [0.15, 0.2) is 42.7 Å². The molecular weight excluding hydrogens is 501 g/mol. The molecule has 0 bridgehead atoms. The van der Waals surface area contributed by atoms with Crippen LogP contribution in [0.4, 0.5) is 18.9 Å². The van der Waals surface area contributed by atoms with E-state index >= 15 is 8.78 Å². The third-order valence-corrected chi connectivity index (χ3v) is 7.66. The summed E-state index contributed by atoms with van der Waals surface area (Å²) in [6, 6.07) is 9.57. The van der Waals surface area contributed by atoms with E-state index in [1.54, 1.807) is 12.3 Å². The number of rotatable bonds is 7. The molecule has 5 rings (SSSR count). The molecule has 2 aliphatic rings. The number of halogens is 3. The first-order valence-electron chi connectivity index (χ1n) is 13.5. The highest BCUT2D eigenvalue weighted by Gasteiger charge is 2.25. The molecule has 0 radical (unpaired) electrons. The predicted octanol–water partition coefficient (Wildman–Crippen LogP) is 4.87. The Morgan fingerprint density at radius 2 is 1.85 bits per heavy atom. The van der Waals surface area contributed by atoms with Gasteiger partial charge >= 0.3 is 0 Å². The average Bonchev–Trinajstić information content (AvgIpc) is 3.35. The van der Waals surface area contributed by atoms with Crippen molar-refractivity contribution < 1.29 is 13.2 Å². The molecule has 2 aromatic heterocycles. The summed E-state index contributed by atoms with van der Waals surface area (Å²) in [6.07, 6.45) is 6.36. The van der Waals surface area contributed by atoms with Gasteiger partial charge in [-0.15, -0.1) is 0 Å². The average molecular weight is 535 g/mol. The molecule has 39 heavy (non-hydrogen) atoms. The zero-order valence-electron chi connectivity index (χ0n) is 22.1. The number of pyridine rings is 2. The van der Waals surface area contributed by atoms with Crippen LogP contribution in [0, 0.1) is 40.6 Å². The molecule has 0 amide bonds. The molecule has 0 unspecified atom stereocenters.